The number of hydrogen-bond donors (Lipinski definition) is 1. The van der Waals surface area contributed by atoms with Crippen LogP contribution < -0.4 is 9.62 Å². The first-order valence-electron chi connectivity index (χ1n) is 12.4. The fraction of sp³-hybridized carbons (Fsp3) is 0.310. The third-order valence-electron chi connectivity index (χ3n) is 5.94. The lowest BCUT2D eigenvalue weighted by Gasteiger charge is -2.32. The maximum absolute atomic E-state index is 13.9. The van der Waals surface area contributed by atoms with Gasteiger partial charge in [0.15, 0.2) is 0 Å². The molecule has 38 heavy (non-hydrogen) atoms. The molecule has 3 aromatic carbocycles. The quantitative estimate of drug-likeness (QED) is 0.377. The maximum Gasteiger partial charge on any atom is 0.264 e. The number of nitrogens with one attached hydrogen (secondary N) is 1. The highest BCUT2D eigenvalue weighted by Gasteiger charge is 2.32. The SMILES string of the molecule is Cc1cc(C)cc(N(CC(=O)N(Cc2cccc(Cl)c2)C(C)C(=O)NC(C)C)S(=O)(=O)c2ccccc2)c1. The molecule has 1 atom stereocenters. The van der Waals surface area contributed by atoms with Crippen LogP contribution in [0.2, 0.25) is 5.02 Å². The molecule has 0 saturated carbocycles. The maximum atomic E-state index is 13.9. The van der Waals surface area contributed by atoms with E-state index in [1.54, 1.807) is 55.5 Å². The fourth-order valence-electron chi connectivity index (χ4n) is 4.16. The number of sulfonamides is 1. The summed E-state index contributed by atoms with van der Waals surface area (Å²) in [5, 5.41) is 3.34. The standard InChI is InChI=1S/C29H34ClN3O4S/c1-20(2)31-29(35)23(5)32(18-24-10-9-11-25(30)17-24)28(34)19-33(26-15-21(3)14-22(4)16-26)38(36,37)27-12-7-6-8-13-27/h6-17,20,23H,18-19H2,1-5H3,(H,31,35). The topological polar surface area (TPSA) is 86.8 Å². The van der Waals surface area contributed by atoms with Gasteiger partial charge in [0.1, 0.15) is 12.6 Å². The monoisotopic (exact) mass is 555 g/mol. The van der Waals surface area contributed by atoms with Crippen molar-refractivity contribution in [1.82, 2.24) is 10.2 Å². The molecule has 3 rings (SSSR count). The van der Waals surface area contributed by atoms with Gasteiger partial charge in [-0.1, -0.05) is 48.0 Å². The van der Waals surface area contributed by atoms with Crippen molar-refractivity contribution in [3.8, 4) is 0 Å². The van der Waals surface area contributed by atoms with Crippen LogP contribution in [0.4, 0.5) is 5.69 Å². The van der Waals surface area contributed by atoms with Crippen LogP contribution in [0.15, 0.2) is 77.7 Å². The van der Waals surface area contributed by atoms with Gasteiger partial charge >= 0.3 is 0 Å². The van der Waals surface area contributed by atoms with Gasteiger partial charge in [-0.15, -0.1) is 0 Å². The highest BCUT2D eigenvalue weighted by atomic mass is 35.5. The molecule has 0 bridgehead atoms. The summed E-state index contributed by atoms with van der Waals surface area (Å²) in [5.41, 5.74) is 2.82. The predicted octanol–water partition coefficient (Wildman–Crippen LogP) is 5.09. The molecule has 0 aliphatic heterocycles. The van der Waals surface area contributed by atoms with Crippen LogP contribution >= 0.6 is 11.6 Å². The van der Waals surface area contributed by atoms with E-state index in [9.17, 15) is 18.0 Å². The number of anilines is 1. The summed E-state index contributed by atoms with van der Waals surface area (Å²) in [6.45, 7) is 8.64. The average molecular weight is 556 g/mol. The summed E-state index contributed by atoms with van der Waals surface area (Å²) >= 11 is 6.17. The molecule has 2 amide bonds. The van der Waals surface area contributed by atoms with E-state index in [0.29, 0.717) is 10.7 Å². The Balaban J connectivity index is 2.06. The van der Waals surface area contributed by atoms with Crippen LogP contribution in [0.5, 0.6) is 0 Å². The fourth-order valence-corrected chi connectivity index (χ4v) is 5.79. The average Bonchev–Trinajstić information content (AvgIpc) is 2.84. The minimum Gasteiger partial charge on any atom is -0.352 e. The van der Waals surface area contributed by atoms with Crippen LogP contribution in [0.3, 0.4) is 0 Å². The number of carbonyl (C=O) groups is 2. The molecule has 9 heteroatoms. The highest BCUT2D eigenvalue weighted by Crippen LogP contribution is 2.26. The van der Waals surface area contributed by atoms with Crippen molar-refractivity contribution in [2.75, 3.05) is 10.8 Å². The smallest absolute Gasteiger partial charge is 0.264 e. The lowest BCUT2D eigenvalue weighted by molar-refractivity contribution is -0.139. The molecular weight excluding hydrogens is 522 g/mol. The minimum atomic E-state index is -4.10. The Labute approximate surface area is 230 Å². The Morgan fingerprint density at radius 3 is 2.11 bits per heavy atom. The van der Waals surface area contributed by atoms with Crippen LogP contribution in [0.25, 0.3) is 0 Å². The van der Waals surface area contributed by atoms with Crippen molar-refractivity contribution in [3.05, 3.63) is 94.5 Å². The van der Waals surface area contributed by atoms with Crippen molar-refractivity contribution in [2.24, 2.45) is 0 Å². The zero-order valence-corrected chi connectivity index (χ0v) is 23.9. The Bertz CT molecular complexity index is 1370. The molecule has 202 valence electrons. The molecule has 0 saturated heterocycles. The van der Waals surface area contributed by atoms with Gasteiger partial charge < -0.3 is 10.2 Å². The molecule has 1 unspecified atom stereocenters. The van der Waals surface area contributed by atoms with Gasteiger partial charge in [0.2, 0.25) is 11.8 Å². The van der Waals surface area contributed by atoms with Gasteiger partial charge in [0.05, 0.1) is 10.6 Å². The van der Waals surface area contributed by atoms with E-state index in [-0.39, 0.29) is 23.4 Å². The van der Waals surface area contributed by atoms with Gasteiger partial charge in [-0.25, -0.2) is 8.42 Å². The number of amides is 2. The van der Waals surface area contributed by atoms with E-state index in [1.165, 1.54) is 17.0 Å². The zero-order valence-electron chi connectivity index (χ0n) is 22.3. The van der Waals surface area contributed by atoms with E-state index in [1.807, 2.05) is 39.8 Å². The minimum absolute atomic E-state index is 0.0685. The predicted molar refractivity (Wildman–Crippen MR) is 152 cm³/mol. The molecule has 0 aliphatic carbocycles. The summed E-state index contributed by atoms with van der Waals surface area (Å²) in [7, 11) is -4.10. The second-order valence-corrected chi connectivity index (χ2v) is 12.0. The lowest BCUT2D eigenvalue weighted by atomic mass is 10.1. The first-order valence-corrected chi connectivity index (χ1v) is 14.2. The first-order chi connectivity index (χ1) is 17.9. The number of halogens is 1. The second kappa shape index (κ2) is 12.5. The molecule has 0 fully saturated rings. The first kappa shape index (κ1) is 29.2. The number of carbonyl (C=O) groups excluding carboxylic acids is 2. The van der Waals surface area contributed by atoms with E-state index < -0.39 is 28.5 Å². The van der Waals surface area contributed by atoms with Crippen molar-refractivity contribution < 1.29 is 18.0 Å². The van der Waals surface area contributed by atoms with Crippen LogP contribution in [0.1, 0.15) is 37.5 Å². The molecule has 0 aliphatic rings. The Morgan fingerprint density at radius 2 is 1.53 bits per heavy atom. The van der Waals surface area contributed by atoms with E-state index in [0.717, 1.165) is 21.0 Å². The molecule has 7 nitrogen and oxygen atoms in total. The summed E-state index contributed by atoms with van der Waals surface area (Å²) < 4.78 is 28.8. The largest absolute Gasteiger partial charge is 0.352 e. The van der Waals surface area contributed by atoms with Crippen LogP contribution in [-0.2, 0) is 26.2 Å². The van der Waals surface area contributed by atoms with Gasteiger partial charge in [-0.3, -0.25) is 13.9 Å². The van der Waals surface area contributed by atoms with Crippen molar-refractivity contribution in [2.45, 2.75) is 58.1 Å². The third kappa shape index (κ3) is 7.36. The normalized spacial score (nSPS) is 12.2. The van der Waals surface area contributed by atoms with E-state index in [2.05, 4.69) is 5.32 Å². The number of benzene rings is 3. The molecule has 0 aromatic heterocycles. The number of rotatable bonds is 10. The molecular formula is C29H34ClN3O4S. The summed E-state index contributed by atoms with van der Waals surface area (Å²) in [6, 6.07) is 19.4. The number of hydrogen-bond acceptors (Lipinski definition) is 4. The molecule has 3 aromatic rings. The van der Waals surface area contributed by atoms with E-state index in [4.69, 9.17) is 11.6 Å². The Kier molecular flexibility index (Phi) is 9.57. The van der Waals surface area contributed by atoms with Crippen LogP contribution in [0, 0.1) is 13.8 Å². The number of nitrogens with zero attached hydrogens (tertiary/aromatic N) is 2. The Hall–Kier alpha value is -3.36. The third-order valence-corrected chi connectivity index (χ3v) is 7.97. The summed E-state index contributed by atoms with van der Waals surface area (Å²) in [5.74, 6) is -0.853. The number of aryl methyl sites for hydroxylation is 2. The molecule has 0 heterocycles. The van der Waals surface area contributed by atoms with Gasteiger partial charge in [0, 0.05) is 17.6 Å². The van der Waals surface area contributed by atoms with Crippen molar-refractivity contribution >= 4 is 39.1 Å². The zero-order chi connectivity index (χ0) is 28.0. The Morgan fingerprint density at radius 1 is 0.895 bits per heavy atom. The van der Waals surface area contributed by atoms with Crippen molar-refractivity contribution in [1.29, 1.82) is 0 Å². The van der Waals surface area contributed by atoms with Gasteiger partial charge in [-0.2, -0.15) is 0 Å². The molecule has 0 spiro atoms. The molecule has 1 N–H and O–H groups in total. The summed E-state index contributed by atoms with van der Waals surface area (Å²) in [4.78, 5) is 28.3. The van der Waals surface area contributed by atoms with Crippen molar-refractivity contribution in [3.63, 3.8) is 0 Å². The second-order valence-electron chi connectivity index (χ2n) is 9.66. The van der Waals surface area contributed by atoms with E-state index >= 15 is 0 Å². The van der Waals surface area contributed by atoms with Gasteiger partial charge in [0.25, 0.3) is 10.0 Å². The van der Waals surface area contributed by atoms with Crippen LogP contribution in [-0.4, -0.2) is 43.8 Å². The van der Waals surface area contributed by atoms with Gasteiger partial charge in [-0.05, 0) is 87.7 Å². The highest BCUT2D eigenvalue weighted by molar-refractivity contribution is 7.92. The summed E-state index contributed by atoms with van der Waals surface area (Å²) in [6.07, 6.45) is 0. The lowest BCUT2D eigenvalue weighted by Crippen LogP contribution is -2.52. The molecule has 0 radical (unpaired) electrons.